The maximum absolute atomic E-state index is 13.7. The number of carbonyl (C=O) groups excluding carboxylic acids is 1. The second kappa shape index (κ2) is 8.60. The predicted molar refractivity (Wildman–Crippen MR) is 100 cm³/mol. The number of aromatic nitrogens is 2. The first-order valence-electron chi connectivity index (χ1n) is 8.50. The lowest BCUT2D eigenvalue weighted by Crippen LogP contribution is -2.17. The average Bonchev–Trinajstić information content (AvgIpc) is 3.13. The molecule has 3 aromatic rings. The molecule has 0 saturated carbocycles. The molecular weight excluding hydrogens is 511 g/mol. The van der Waals surface area contributed by atoms with Crippen molar-refractivity contribution in [3.63, 3.8) is 0 Å². The second-order valence-electron chi connectivity index (χ2n) is 6.42. The van der Waals surface area contributed by atoms with Crippen LogP contribution < -0.4 is 0 Å². The Morgan fingerprint density at radius 1 is 0.818 bits per heavy atom. The van der Waals surface area contributed by atoms with Crippen LogP contribution in [0.5, 0.6) is 0 Å². The van der Waals surface area contributed by atoms with Crippen molar-refractivity contribution in [2.45, 2.75) is 23.4 Å². The van der Waals surface area contributed by atoms with Crippen LogP contribution in [0.4, 0.5) is 39.5 Å². The highest BCUT2D eigenvalue weighted by Gasteiger charge is 2.41. The summed E-state index contributed by atoms with van der Waals surface area (Å²) in [5, 5.41) is 2.27. The minimum Gasteiger partial charge on any atom is -0.281 e. The van der Waals surface area contributed by atoms with Gasteiger partial charge in [-0.15, -0.1) is 0 Å². The molecule has 14 heteroatoms. The fourth-order valence-electron chi connectivity index (χ4n) is 2.70. The van der Waals surface area contributed by atoms with Gasteiger partial charge in [0.05, 0.1) is 28.6 Å². The summed E-state index contributed by atoms with van der Waals surface area (Å²) in [7, 11) is 0. The first-order chi connectivity index (χ1) is 15.1. The number of carbonyl (C=O) groups is 1. The molecular formula is C19H8ClF9N2OS. The van der Waals surface area contributed by atoms with Gasteiger partial charge in [-0.2, -0.15) is 44.6 Å². The molecule has 0 aliphatic heterocycles. The van der Waals surface area contributed by atoms with E-state index in [-0.39, 0.29) is 40.7 Å². The third-order valence-electron chi connectivity index (χ3n) is 4.10. The monoisotopic (exact) mass is 518 g/mol. The van der Waals surface area contributed by atoms with E-state index in [1.807, 2.05) is 0 Å². The first kappa shape index (κ1) is 25.0. The summed E-state index contributed by atoms with van der Waals surface area (Å²) in [6, 6.07) is 5.20. The molecule has 0 atom stereocenters. The summed E-state index contributed by atoms with van der Waals surface area (Å²) in [6.07, 6.45) is -15.0. The Kier molecular flexibility index (Phi) is 6.50. The van der Waals surface area contributed by atoms with Crippen LogP contribution in [-0.2, 0) is 18.5 Å². The molecule has 0 aliphatic carbocycles. The zero-order chi connectivity index (χ0) is 24.8. The van der Waals surface area contributed by atoms with Gasteiger partial charge in [-0.05, 0) is 54.2 Å². The van der Waals surface area contributed by atoms with E-state index in [1.165, 1.54) is 24.3 Å². The van der Waals surface area contributed by atoms with Crippen LogP contribution in [0.15, 0.2) is 53.6 Å². The van der Waals surface area contributed by atoms with Gasteiger partial charge < -0.3 is 0 Å². The lowest BCUT2D eigenvalue weighted by atomic mass is 10.1. The van der Waals surface area contributed by atoms with Crippen molar-refractivity contribution in [3.05, 3.63) is 76.1 Å². The molecule has 0 fully saturated rings. The Labute approximate surface area is 188 Å². The van der Waals surface area contributed by atoms with Crippen LogP contribution in [0.2, 0.25) is 5.02 Å². The van der Waals surface area contributed by atoms with Crippen molar-refractivity contribution in [1.29, 1.82) is 0 Å². The molecule has 176 valence electrons. The normalized spacial score (nSPS) is 12.8. The highest BCUT2D eigenvalue weighted by Crippen LogP contribution is 2.40. The van der Waals surface area contributed by atoms with Crippen LogP contribution in [0, 0.1) is 0 Å². The number of rotatable bonds is 3. The highest BCUT2D eigenvalue weighted by atomic mass is 35.5. The van der Waals surface area contributed by atoms with Gasteiger partial charge in [0.2, 0.25) is 5.12 Å². The SMILES string of the molecule is O=C(Sc1cc(C(F)(F)F)cc(C(F)(F)F)c1)c1cnn(-c2ccc(Cl)cc2)c1C(F)(F)F. The molecule has 0 spiro atoms. The van der Waals surface area contributed by atoms with Crippen LogP contribution in [0.3, 0.4) is 0 Å². The molecule has 0 radical (unpaired) electrons. The maximum Gasteiger partial charge on any atom is 0.434 e. The fraction of sp³-hybridized carbons (Fsp3) is 0.158. The first-order valence-corrected chi connectivity index (χ1v) is 9.69. The van der Waals surface area contributed by atoms with E-state index in [2.05, 4.69) is 5.10 Å². The van der Waals surface area contributed by atoms with E-state index in [1.54, 1.807) is 0 Å². The summed E-state index contributed by atoms with van der Waals surface area (Å²) < 4.78 is 119. The molecule has 3 nitrogen and oxygen atoms in total. The molecule has 1 heterocycles. The minimum absolute atomic E-state index is 0.130. The van der Waals surface area contributed by atoms with Gasteiger partial charge in [0.25, 0.3) is 0 Å². The van der Waals surface area contributed by atoms with Crippen molar-refractivity contribution in [2.75, 3.05) is 0 Å². The smallest absolute Gasteiger partial charge is 0.281 e. The van der Waals surface area contributed by atoms with Crippen LogP contribution in [-0.4, -0.2) is 14.9 Å². The van der Waals surface area contributed by atoms with E-state index in [4.69, 9.17) is 11.6 Å². The van der Waals surface area contributed by atoms with Gasteiger partial charge >= 0.3 is 18.5 Å². The number of benzene rings is 2. The molecule has 0 bridgehead atoms. The fourth-order valence-corrected chi connectivity index (χ4v) is 3.67. The summed E-state index contributed by atoms with van der Waals surface area (Å²) >= 11 is 5.48. The van der Waals surface area contributed by atoms with Gasteiger partial charge in [-0.3, -0.25) is 4.79 Å². The van der Waals surface area contributed by atoms with E-state index in [0.717, 1.165) is 0 Å². The van der Waals surface area contributed by atoms with Gasteiger partial charge in [-0.25, -0.2) is 4.68 Å². The number of nitrogens with zero attached hydrogens (tertiary/aromatic N) is 2. The predicted octanol–water partition coefficient (Wildman–Crippen LogP) is 7.51. The van der Waals surface area contributed by atoms with Gasteiger partial charge in [0.15, 0.2) is 5.69 Å². The Morgan fingerprint density at radius 2 is 1.33 bits per heavy atom. The topological polar surface area (TPSA) is 34.9 Å². The molecule has 0 aliphatic rings. The average molecular weight is 519 g/mol. The number of hydrogen-bond acceptors (Lipinski definition) is 3. The number of thioether (sulfide) groups is 1. The van der Waals surface area contributed by atoms with Crippen molar-refractivity contribution in [1.82, 2.24) is 9.78 Å². The number of alkyl halides is 9. The van der Waals surface area contributed by atoms with Gasteiger partial charge in [0, 0.05) is 9.92 Å². The summed E-state index contributed by atoms with van der Waals surface area (Å²) in [5.74, 6) is 0. The molecule has 0 saturated heterocycles. The number of halogens is 10. The van der Waals surface area contributed by atoms with Crippen molar-refractivity contribution in [2.24, 2.45) is 0 Å². The summed E-state index contributed by atoms with van der Waals surface area (Å²) in [4.78, 5) is 11.7. The molecule has 0 N–H and O–H groups in total. The lowest BCUT2D eigenvalue weighted by molar-refractivity contribution is -0.144. The third kappa shape index (κ3) is 5.64. The van der Waals surface area contributed by atoms with E-state index in [9.17, 15) is 44.3 Å². The third-order valence-corrected chi connectivity index (χ3v) is 5.23. The van der Waals surface area contributed by atoms with E-state index >= 15 is 0 Å². The van der Waals surface area contributed by atoms with Gasteiger partial charge in [-0.1, -0.05) is 11.6 Å². The Balaban J connectivity index is 2.06. The van der Waals surface area contributed by atoms with E-state index < -0.39 is 50.9 Å². The molecule has 2 aromatic carbocycles. The zero-order valence-corrected chi connectivity index (χ0v) is 17.2. The molecule has 3 rings (SSSR count). The van der Waals surface area contributed by atoms with Gasteiger partial charge in [0.1, 0.15) is 0 Å². The standard InChI is InChI=1S/C19H8ClF9N2OS/c20-11-1-3-12(4-2-11)31-15(19(27,28)29)14(8-30-31)16(32)33-13-6-9(17(21,22)23)5-10(7-13)18(24,25)26/h1-8H. The lowest BCUT2D eigenvalue weighted by Gasteiger charge is -2.14. The quantitative estimate of drug-likeness (QED) is 0.266. The molecule has 0 unspecified atom stereocenters. The number of hydrogen-bond donors (Lipinski definition) is 0. The molecule has 33 heavy (non-hydrogen) atoms. The Hall–Kier alpha value is -2.67. The maximum atomic E-state index is 13.7. The molecule has 1 aromatic heterocycles. The van der Waals surface area contributed by atoms with Crippen molar-refractivity contribution < 1.29 is 44.3 Å². The summed E-state index contributed by atoms with van der Waals surface area (Å²) in [5.41, 5.74) is -6.14. The van der Waals surface area contributed by atoms with E-state index in [0.29, 0.717) is 10.9 Å². The molecule has 0 amide bonds. The largest absolute Gasteiger partial charge is 0.434 e. The summed E-state index contributed by atoms with van der Waals surface area (Å²) in [6.45, 7) is 0. The van der Waals surface area contributed by atoms with Crippen molar-refractivity contribution >= 4 is 28.5 Å². The second-order valence-corrected chi connectivity index (χ2v) is 7.91. The Bertz CT molecular complexity index is 1150. The highest BCUT2D eigenvalue weighted by molar-refractivity contribution is 8.14. The van der Waals surface area contributed by atoms with Crippen LogP contribution in [0.1, 0.15) is 27.2 Å². The van der Waals surface area contributed by atoms with Crippen LogP contribution >= 0.6 is 23.4 Å². The zero-order valence-electron chi connectivity index (χ0n) is 15.6. The Morgan fingerprint density at radius 3 is 1.79 bits per heavy atom. The van der Waals surface area contributed by atoms with Crippen molar-refractivity contribution in [3.8, 4) is 5.69 Å². The van der Waals surface area contributed by atoms with Crippen LogP contribution in [0.25, 0.3) is 5.69 Å². The minimum atomic E-state index is -5.18.